The van der Waals surface area contributed by atoms with Crippen LogP contribution in [0.5, 0.6) is 5.75 Å². The number of aromatic hydroxyl groups is 1. The summed E-state index contributed by atoms with van der Waals surface area (Å²) in [6.45, 7) is 5.23. The van der Waals surface area contributed by atoms with Gasteiger partial charge in [0.2, 0.25) is 0 Å². The first-order valence-electron chi connectivity index (χ1n) is 7.72. The van der Waals surface area contributed by atoms with Gasteiger partial charge in [0.05, 0.1) is 5.52 Å². The second-order valence-electron chi connectivity index (χ2n) is 6.18. The van der Waals surface area contributed by atoms with Gasteiger partial charge in [0.25, 0.3) is 0 Å². The highest BCUT2D eigenvalue weighted by Gasteiger charge is 2.17. The van der Waals surface area contributed by atoms with Gasteiger partial charge in [-0.1, -0.05) is 25.0 Å². The minimum absolute atomic E-state index is 0.348. The third-order valence-electron chi connectivity index (χ3n) is 4.36. The van der Waals surface area contributed by atoms with E-state index in [0.29, 0.717) is 17.8 Å². The Morgan fingerprint density at radius 2 is 2.05 bits per heavy atom. The predicted octanol–water partition coefficient (Wildman–Crippen LogP) is 3.96. The third kappa shape index (κ3) is 2.42. The van der Waals surface area contributed by atoms with Crippen molar-refractivity contribution >= 4 is 10.9 Å². The van der Waals surface area contributed by atoms with Gasteiger partial charge in [-0.2, -0.15) is 0 Å². The first kappa shape index (κ1) is 13.5. The first-order chi connectivity index (χ1) is 9.66. The average Bonchev–Trinajstić information content (AvgIpc) is 3.03. The second-order valence-corrected chi connectivity index (χ2v) is 6.18. The van der Waals surface area contributed by atoms with E-state index in [2.05, 4.69) is 35.9 Å². The monoisotopic (exact) mass is 272 g/mol. The molecule has 3 heteroatoms. The molecule has 0 spiro atoms. The van der Waals surface area contributed by atoms with Crippen molar-refractivity contribution in [3.8, 4) is 5.75 Å². The van der Waals surface area contributed by atoms with Gasteiger partial charge in [0, 0.05) is 29.7 Å². The lowest BCUT2D eigenvalue weighted by Gasteiger charge is -2.17. The molecule has 20 heavy (non-hydrogen) atoms. The summed E-state index contributed by atoms with van der Waals surface area (Å²) >= 11 is 0. The summed E-state index contributed by atoms with van der Waals surface area (Å²) in [6.07, 6.45) is 5.30. The van der Waals surface area contributed by atoms with Crippen molar-refractivity contribution in [1.82, 2.24) is 9.88 Å². The number of rotatable bonds is 4. The van der Waals surface area contributed by atoms with Gasteiger partial charge in [0.15, 0.2) is 0 Å². The van der Waals surface area contributed by atoms with Crippen LogP contribution in [0.15, 0.2) is 24.3 Å². The summed E-state index contributed by atoms with van der Waals surface area (Å²) in [5.74, 6) is 0.378. The van der Waals surface area contributed by atoms with E-state index in [1.54, 1.807) is 6.07 Å². The molecule has 1 fully saturated rings. The van der Waals surface area contributed by atoms with Crippen LogP contribution in [0.25, 0.3) is 10.9 Å². The summed E-state index contributed by atoms with van der Waals surface area (Å²) in [6, 6.07) is 8.99. The Labute approximate surface area is 120 Å². The molecule has 1 heterocycles. The molecule has 1 aromatic carbocycles. The van der Waals surface area contributed by atoms with Crippen molar-refractivity contribution < 1.29 is 5.11 Å². The fraction of sp³-hybridized carbons (Fsp3) is 0.529. The van der Waals surface area contributed by atoms with Crippen LogP contribution in [0.4, 0.5) is 0 Å². The highest BCUT2D eigenvalue weighted by atomic mass is 16.3. The molecule has 0 atom stereocenters. The van der Waals surface area contributed by atoms with Crippen LogP contribution in [0, 0.1) is 0 Å². The van der Waals surface area contributed by atoms with E-state index in [9.17, 15) is 5.11 Å². The van der Waals surface area contributed by atoms with Crippen molar-refractivity contribution in [2.24, 2.45) is 0 Å². The molecule has 0 unspecified atom stereocenters. The first-order valence-corrected chi connectivity index (χ1v) is 7.72. The summed E-state index contributed by atoms with van der Waals surface area (Å²) in [4.78, 5) is 0. The van der Waals surface area contributed by atoms with Crippen LogP contribution in [0.2, 0.25) is 0 Å². The number of aromatic nitrogens is 1. The molecule has 0 saturated heterocycles. The van der Waals surface area contributed by atoms with E-state index < -0.39 is 0 Å². The normalized spacial score (nSPS) is 16.6. The summed E-state index contributed by atoms with van der Waals surface area (Å²) in [7, 11) is 0. The molecule has 108 valence electrons. The molecule has 0 amide bonds. The molecule has 0 radical (unpaired) electrons. The third-order valence-corrected chi connectivity index (χ3v) is 4.36. The largest absolute Gasteiger partial charge is 0.506 e. The second kappa shape index (κ2) is 5.49. The number of hydrogen-bond donors (Lipinski definition) is 2. The molecule has 3 rings (SSSR count). The molecular formula is C17H24N2O. The van der Waals surface area contributed by atoms with Gasteiger partial charge in [-0.05, 0) is 38.8 Å². The van der Waals surface area contributed by atoms with Crippen LogP contribution < -0.4 is 5.32 Å². The quantitative estimate of drug-likeness (QED) is 0.884. The Kier molecular flexibility index (Phi) is 3.70. The van der Waals surface area contributed by atoms with Crippen molar-refractivity contribution in [2.45, 2.75) is 58.2 Å². The van der Waals surface area contributed by atoms with E-state index in [-0.39, 0.29) is 0 Å². The fourth-order valence-electron chi connectivity index (χ4n) is 3.43. The van der Waals surface area contributed by atoms with Gasteiger partial charge in [-0.15, -0.1) is 0 Å². The average molecular weight is 272 g/mol. The molecule has 2 N–H and O–H groups in total. The molecule has 0 bridgehead atoms. The van der Waals surface area contributed by atoms with Crippen molar-refractivity contribution in [3.05, 3.63) is 30.0 Å². The Hall–Kier alpha value is -1.48. The highest BCUT2D eigenvalue weighted by Crippen LogP contribution is 2.31. The lowest BCUT2D eigenvalue weighted by atomic mass is 10.2. The Balaban J connectivity index is 1.92. The smallest absolute Gasteiger partial charge is 0.139 e. The van der Waals surface area contributed by atoms with E-state index in [0.717, 1.165) is 17.4 Å². The highest BCUT2D eigenvalue weighted by molar-refractivity contribution is 5.86. The zero-order valence-electron chi connectivity index (χ0n) is 12.4. The van der Waals surface area contributed by atoms with E-state index in [4.69, 9.17) is 0 Å². The summed E-state index contributed by atoms with van der Waals surface area (Å²) in [5, 5.41) is 15.0. The molecule has 1 aliphatic rings. The van der Waals surface area contributed by atoms with Crippen LogP contribution >= 0.6 is 0 Å². The molecular weight excluding hydrogens is 248 g/mol. The zero-order valence-corrected chi connectivity index (χ0v) is 12.4. The maximum absolute atomic E-state index is 10.2. The number of phenols is 1. The van der Waals surface area contributed by atoms with Crippen LogP contribution in [-0.2, 0) is 6.54 Å². The summed E-state index contributed by atoms with van der Waals surface area (Å²) < 4.78 is 2.26. The zero-order chi connectivity index (χ0) is 14.1. The topological polar surface area (TPSA) is 37.2 Å². The van der Waals surface area contributed by atoms with E-state index >= 15 is 0 Å². The number of hydrogen-bond acceptors (Lipinski definition) is 2. The van der Waals surface area contributed by atoms with Gasteiger partial charge in [-0.3, -0.25) is 0 Å². The molecule has 3 nitrogen and oxygen atoms in total. The predicted molar refractivity (Wildman–Crippen MR) is 83.1 cm³/mol. The number of nitrogens with zero attached hydrogens (tertiary/aromatic N) is 1. The van der Waals surface area contributed by atoms with Crippen molar-refractivity contribution in [3.63, 3.8) is 0 Å². The molecule has 0 aliphatic heterocycles. The molecule has 1 saturated carbocycles. The van der Waals surface area contributed by atoms with E-state index in [1.165, 1.54) is 31.4 Å². The van der Waals surface area contributed by atoms with Crippen LogP contribution in [0.3, 0.4) is 0 Å². The van der Waals surface area contributed by atoms with Crippen LogP contribution in [0.1, 0.15) is 51.3 Å². The SMILES string of the molecule is CC(C)n1c(CNC2CCCC2)cc2cccc(O)c21. The number of fused-ring (bicyclic) bond motifs is 1. The molecule has 1 aliphatic carbocycles. The molecule has 2 aromatic rings. The minimum Gasteiger partial charge on any atom is -0.506 e. The maximum atomic E-state index is 10.2. The minimum atomic E-state index is 0.348. The molecule has 1 aromatic heterocycles. The van der Waals surface area contributed by atoms with Crippen LogP contribution in [-0.4, -0.2) is 15.7 Å². The number of benzene rings is 1. The van der Waals surface area contributed by atoms with Gasteiger partial charge < -0.3 is 15.0 Å². The Bertz CT molecular complexity index is 594. The fourth-order valence-corrected chi connectivity index (χ4v) is 3.43. The Morgan fingerprint density at radius 3 is 2.75 bits per heavy atom. The maximum Gasteiger partial charge on any atom is 0.139 e. The Morgan fingerprint density at radius 1 is 1.30 bits per heavy atom. The lowest BCUT2D eigenvalue weighted by Crippen LogP contribution is -2.26. The number of phenolic OH excluding ortho intramolecular Hbond substituents is 1. The van der Waals surface area contributed by atoms with Gasteiger partial charge >= 0.3 is 0 Å². The number of nitrogens with one attached hydrogen (secondary N) is 1. The standard InChI is InChI=1S/C17H24N2O/c1-12(2)19-15(11-18-14-7-3-4-8-14)10-13-6-5-9-16(20)17(13)19/h5-6,9-10,12,14,18,20H,3-4,7-8,11H2,1-2H3. The van der Waals surface area contributed by atoms with Crippen molar-refractivity contribution in [1.29, 1.82) is 0 Å². The van der Waals surface area contributed by atoms with E-state index in [1.807, 2.05) is 6.07 Å². The summed E-state index contributed by atoms with van der Waals surface area (Å²) in [5.41, 5.74) is 2.23. The number of para-hydroxylation sites is 1. The van der Waals surface area contributed by atoms with Gasteiger partial charge in [-0.25, -0.2) is 0 Å². The van der Waals surface area contributed by atoms with Crippen molar-refractivity contribution in [2.75, 3.05) is 0 Å². The lowest BCUT2D eigenvalue weighted by molar-refractivity contribution is 0.469. The van der Waals surface area contributed by atoms with Gasteiger partial charge in [0.1, 0.15) is 5.75 Å².